The predicted octanol–water partition coefficient (Wildman–Crippen LogP) is 3.14. The van der Waals surface area contributed by atoms with Gasteiger partial charge in [-0.3, -0.25) is 0 Å². The highest BCUT2D eigenvalue weighted by Crippen LogP contribution is 2.44. The van der Waals surface area contributed by atoms with Crippen molar-refractivity contribution in [2.75, 3.05) is 0 Å². The Morgan fingerprint density at radius 3 is 2.28 bits per heavy atom. The van der Waals surface area contributed by atoms with Crippen molar-refractivity contribution in [1.29, 1.82) is 0 Å². The fourth-order valence-corrected chi connectivity index (χ4v) is 4.21. The van der Waals surface area contributed by atoms with Crippen LogP contribution in [0.2, 0.25) is 0 Å². The first kappa shape index (κ1) is 19.0. The zero-order chi connectivity index (χ0) is 20.4. The summed E-state index contributed by atoms with van der Waals surface area (Å²) in [6.07, 6.45) is -3.37. The summed E-state index contributed by atoms with van der Waals surface area (Å²) in [4.78, 5) is 13.0. The number of rotatable bonds is 2. The molecule has 0 N–H and O–H groups in total. The van der Waals surface area contributed by atoms with E-state index < -0.39 is 48.2 Å². The fourth-order valence-electron chi connectivity index (χ4n) is 4.21. The molecule has 29 heavy (non-hydrogen) atoms. The number of esters is 1. The van der Waals surface area contributed by atoms with Gasteiger partial charge in [-0.05, 0) is 50.6 Å². The Labute approximate surface area is 168 Å². The molecule has 3 aliphatic heterocycles. The molecular formula is C22H24O7. The van der Waals surface area contributed by atoms with Gasteiger partial charge in [0.25, 0.3) is 0 Å². The third kappa shape index (κ3) is 3.43. The van der Waals surface area contributed by atoms with Gasteiger partial charge in [-0.25, -0.2) is 4.79 Å². The largest absolute Gasteiger partial charge is 0.425 e. The maximum Gasteiger partial charge on any atom is 0.343 e. The fraction of sp³-hybridized carbons (Fsp3) is 0.500. The number of carbonyl (C=O) groups excluding carboxylic acids is 1. The van der Waals surface area contributed by atoms with Crippen molar-refractivity contribution < 1.29 is 33.2 Å². The lowest BCUT2D eigenvalue weighted by Gasteiger charge is -2.35. The molecule has 0 spiro atoms. The number of hydrogen-bond acceptors (Lipinski definition) is 7. The summed E-state index contributed by atoms with van der Waals surface area (Å²) in [7, 11) is 0. The summed E-state index contributed by atoms with van der Waals surface area (Å²) in [5.74, 6) is -1.82. The van der Waals surface area contributed by atoms with Crippen LogP contribution in [-0.4, -0.2) is 48.2 Å². The van der Waals surface area contributed by atoms with Gasteiger partial charge in [0.2, 0.25) is 0 Å². The van der Waals surface area contributed by atoms with Crippen molar-refractivity contribution in [3.8, 4) is 5.75 Å². The van der Waals surface area contributed by atoms with Crippen LogP contribution in [0.3, 0.4) is 0 Å². The van der Waals surface area contributed by atoms with Crippen LogP contribution in [-0.2, 0) is 28.5 Å². The number of hydrogen-bond donors (Lipinski definition) is 0. The zero-order valence-electron chi connectivity index (χ0n) is 16.8. The Morgan fingerprint density at radius 1 is 0.828 bits per heavy atom. The number of ether oxygens (including phenoxy) is 6. The van der Waals surface area contributed by atoms with Crippen molar-refractivity contribution in [2.45, 2.75) is 70.0 Å². The summed E-state index contributed by atoms with van der Waals surface area (Å²) in [5, 5.41) is 2.05. The van der Waals surface area contributed by atoms with Gasteiger partial charge < -0.3 is 28.4 Å². The van der Waals surface area contributed by atoms with Gasteiger partial charge in [-0.2, -0.15) is 0 Å². The highest BCUT2D eigenvalue weighted by atomic mass is 16.9. The molecule has 5 rings (SSSR count). The maximum absolute atomic E-state index is 13.0. The molecule has 3 heterocycles. The topological polar surface area (TPSA) is 72.5 Å². The maximum atomic E-state index is 13.0. The molecule has 0 radical (unpaired) electrons. The first-order chi connectivity index (χ1) is 13.7. The average Bonchev–Trinajstić information content (AvgIpc) is 3.14. The molecular weight excluding hydrogens is 376 g/mol. The molecule has 7 nitrogen and oxygen atoms in total. The predicted molar refractivity (Wildman–Crippen MR) is 102 cm³/mol. The normalized spacial score (nSPS) is 34.6. The van der Waals surface area contributed by atoms with Gasteiger partial charge in [0.15, 0.2) is 24.0 Å². The van der Waals surface area contributed by atoms with Gasteiger partial charge >= 0.3 is 5.97 Å². The highest BCUT2D eigenvalue weighted by molar-refractivity contribution is 5.85. The van der Waals surface area contributed by atoms with E-state index in [4.69, 9.17) is 28.4 Å². The summed E-state index contributed by atoms with van der Waals surface area (Å²) in [5.41, 5.74) is 0. The van der Waals surface area contributed by atoms with E-state index in [0.717, 1.165) is 10.8 Å². The van der Waals surface area contributed by atoms with Crippen molar-refractivity contribution in [2.24, 2.45) is 0 Å². The van der Waals surface area contributed by atoms with Crippen molar-refractivity contribution in [1.82, 2.24) is 0 Å². The quantitative estimate of drug-likeness (QED) is 0.566. The Morgan fingerprint density at radius 2 is 1.48 bits per heavy atom. The van der Waals surface area contributed by atoms with Crippen LogP contribution in [0.4, 0.5) is 0 Å². The minimum Gasteiger partial charge on any atom is -0.425 e. The van der Waals surface area contributed by atoms with E-state index in [2.05, 4.69) is 0 Å². The highest BCUT2D eigenvalue weighted by Gasteiger charge is 2.62. The van der Waals surface area contributed by atoms with E-state index in [1.54, 1.807) is 33.8 Å². The second-order valence-corrected chi connectivity index (χ2v) is 8.52. The van der Waals surface area contributed by atoms with Gasteiger partial charge in [0.1, 0.15) is 24.1 Å². The first-order valence-corrected chi connectivity index (χ1v) is 9.78. The molecule has 0 unspecified atom stereocenters. The van der Waals surface area contributed by atoms with Crippen molar-refractivity contribution in [3.63, 3.8) is 0 Å². The summed E-state index contributed by atoms with van der Waals surface area (Å²) >= 11 is 0. The molecule has 2 aromatic carbocycles. The van der Waals surface area contributed by atoms with Crippen LogP contribution in [0.25, 0.3) is 10.8 Å². The van der Waals surface area contributed by atoms with Crippen LogP contribution in [0.5, 0.6) is 5.75 Å². The van der Waals surface area contributed by atoms with Gasteiger partial charge in [-0.15, -0.1) is 0 Å². The van der Waals surface area contributed by atoms with Crippen LogP contribution in [0.1, 0.15) is 27.7 Å². The minimum absolute atomic E-state index is 0.443. The lowest BCUT2D eigenvalue weighted by Crippen LogP contribution is -2.58. The monoisotopic (exact) mass is 400 g/mol. The standard InChI is InChI=1S/C22H24O7/c1-21(2)26-15-16(27-21)18-20(29-22(3,4)28-18)25-17(15)19(23)24-14-10-9-12-7-5-6-8-13(12)11-14/h5-11,15-18,20H,1-4H3/t15-,16-,17+,18+,20+/m1/s1. The second kappa shape index (κ2) is 6.48. The van der Waals surface area contributed by atoms with E-state index in [1.165, 1.54) is 0 Å². The molecule has 5 atom stereocenters. The van der Waals surface area contributed by atoms with Crippen molar-refractivity contribution in [3.05, 3.63) is 42.5 Å². The molecule has 0 saturated carbocycles. The third-order valence-corrected chi connectivity index (χ3v) is 5.33. The molecule has 3 aliphatic rings. The molecule has 2 aromatic rings. The van der Waals surface area contributed by atoms with Crippen LogP contribution in [0.15, 0.2) is 42.5 Å². The molecule has 0 aliphatic carbocycles. The Balaban J connectivity index is 1.40. The third-order valence-electron chi connectivity index (χ3n) is 5.33. The first-order valence-electron chi connectivity index (χ1n) is 9.78. The molecule has 0 amide bonds. The number of carbonyl (C=O) groups is 1. The van der Waals surface area contributed by atoms with E-state index in [1.807, 2.05) is 36.4 Å². The summed E-state index contributed by atoms with van der Waals surface area (Å²) in [6.45, 7) is 7.19. The average molecular weight is 400 g/mol. The summed E-state index contributed by atoms with van der Waals surface area (Å²) in [6, 6.07) is 13.4. The lowest BCUT2D eigenvalue weighted by atomic mass is 9.99. The van der Waals surface area contributed by atoms with E-state index in [-0.39, 0.29) is 0 Å². The molecule has 0 aromatic heterocycles. The lowest BCUT2D eigenvalue weighted by molar-refractivity contribution is -0.236. The van der Waals surface area contributed by atoms with Crippen LogP contribution < -0.4 is 4.74 Å². The Bertz CT molecular complexity index is 953. The van der Waals surface area contributed by atoms with Gasteiger partial charge in [-0.1, -0.05) is 30.3 Å². The number of fused-ring (bicyclic) bond motifs is 4. The molecule has 154 valence electrons. The van der Waals surface area contributed by atoms with Crippen LogP contribution >= 0.6 is 0 Å². The molecule has 7 heteroatoms. The molecule has 0 bridgehead atoms. The second-order valence-electron chi connectivity index (χ2n) is 8.52. The van der Waals surface area contributed by atoms with Crippen LogP contribution in [0, 0.1) is 0 Å². The van der Waals surface area contributed by atoms with E-state index >= 15 is 0 Å². The Kier molecular flexibility index (Phi) is 4.24. The number of benzene rings is 2. The molecule has 3 fully saturated rings. The smallest absolute Gasteiger partial charge is 0.343 e. The molecule has 3 saturated heterocycles. The van der Waals surface area contributed by atoms with Crippen molar-refractivity contribution >= 4 is 16.7 Å². The zero-order valence-corrected chi connectivity index (χ0v) is 16.8. The van der Waals surface area contributed by atoms with Gasteiger partial charge in [0.05, 0.1) is 0 Å². The van der Waals surface area contributed by atoms with Gasteiger partial charge in [0, 0.05) is 0 Å². The SMILES string of the molecule is CC1(C)O[C@@H]2O[C@H](C(=O)Oc3ccc4ccccc4c3)[C@@H]3OC(C)(C)O[C@H]3[C@@H]2O1. The van der Waals surface area contributed by atoms with E-state index in [0.29, 0.717) is 5.75 Å². The van der Waals surface area contributed by atoms with E-state index in [9.17, 15) is 4.79 Å². The minimum atomic E-state index is -0.994. The Hall–Kier alpha value is -2.03. The summed E-state index contributed by atoms with van der Waals surface area (Å²) < 4.78 is 35.4.